The summed E-state index contributed by atoms with van der Waals surface area (Å²) in [5, 5.41) is 0. The van der Waals surface area contributed by atoms with Gasteiger partial charge in [-0.1, -0.05) is 0 Å². The molecule has 1 aromatic heterocycles. The molecule has 0 atom stereocenters. The number of hydrogen-bond donors (Lipinski definition) is 1. The van der Waals surface area contributed by atoms with Crippen LogP contribution in [0.25, 0.3) is 11.0 Å². The molecule has 0 bridgehead atoms. The second-order valence-electron chi connectivity index (χ2n) is 5.54. The second kappa shape index (κ2) is 5.13. The number of hydrogen-bond acceptors (Lipinski definition) is 5. The topological polar surface area (TPSA) is 82.5 Å². The highest BCUT2D eigenvalue weighted by Crippen LogP contribution is 2.34. The Hall–Kier alpha value is -2.74. The molecule has 0 saturated heterocycles. The third kappa shape index (κ3) is 2.35. The molecule has 0 unspecified atom stereocenters. The molecule has 4 rings (SSSR count). The highest BCUT2D eigenvalue weighted by molar-refractivity contribution is 7.92. The van der Waals surface area contributed by atoms with E-state index in [9.17, 15) is 8.42 Å². The van der Waals surface area contributed by atoms with E-state index in [4.69, 9.17) is 9.47 Å². The first-order chi connectivity index (χ1) is 11.4. The van der Waals surface area contributed by atoms with Crippen LogP contribution in [-0.2, 0) is 17.1 Å². The molecule has 0 amide bonds. The average Bonchev–Trinajstić information content (AvgIpc) is 3.11. The Morgan fingerprint density at radius 3 is 2.75 bits per heavy atom. The highest BCUT2D eigenvalue weighted by atomic mass is 32.2. The molecule has 2 heterocycles. The van der Waals surface area contributed by atoms with E-state index in [0.717, 1.165) is 16.9 Å². The largest absolute Gasteiger partial charge is 0.454 e. The zero-order valence-corrected chi connectivity index (χ0v) is 13.9. The lowest BCUT2D eigenvalue weighted by atomic mass is 10.3. The van der Waals surface area contributed by atoms with Gasteiger partial charge in [-0.15, -0.1) is 0 Å². The zero-order valence-electron chi connectivity index (χ0n) is 13.1. The molecule has 0 radical (unpaired) electrons. The molecular weight excluding hydrogens is 330 g/mol. The van der Waals surface area contributed by atoms with Gasteiger partial charge in [-0.05, 0) is 37.3 Å². The van der Waals surface area contributed by atoms with Crippen molar-refractivity contribution in [3.63, 3.8) is 0 Å². The van der Waals surface area contributed by atoms with Crippen LogP contribution in [0.4, 0.5) is 5.69 Å². The molecule has 1 aliphatic rings. The summed E-state index contributed by atoms with van der Waals surface area (Å²) >= 11 is 0. The number of aromatic nitrogens is 2. The summed E-state index contributed by atoms with van der Waals surface area (Å²) in [5.74, 6) is 1.83. The Balaban J connectivity index is 1.68. The van der Waals surface area contributed by atoms with Crippen molar-refractivity contribution in [2.45, 2.75) is 11.8 Å². The van der Waals surface area contributed by atoms with Crippen molar-refractivity contribution in [3.05, 3.63) is 42.2 Å². The number of nitrogens with zero attached hydrogens (tertiary/aromatic N) is 2. The van der Waals surface area contributed by atoms with Crippen LogP contribution >= 0.6 is 0 Å². The Morgan fingerprint density at radius 1 is 1.12 bits per heavy atom. The molecule has 2 aromatic carbocycles. The normalized spacial score (nSPS) is 13.4. The van der Waals surface area contributed by atoms with E-state index in [1.165, 1.54) is 12.1 Å². The molecule has 7 nitrogen and oxygen atoms in total. The number of sulfonamides is 1. The Bertz CT molecular complexity index is 1060. The Labute approximate surface area is 138 Å². The molecule has 124 valence electrons. The van der Waals surface area contributed by atoms with Crippen LogP contribution in [0.15, 0.2) is 41.3 Å². The number of anilines is 1. The predicted molar refractivity (Wildman–Crippen MR) is 88.8 cm³/mol. The molecular formula is C16H15N3O4S. The Morgan fingerprint density at radius 2 is 1.92 bits per heavy atom. The maximum absolute atomic E-state index is 12.6. The van der Waals surface area contributed by atoms with Gasteiger partial charge in [-0.2, -0.15) is 0 Å². The summed E-state index contributed by atoms with van der Waals surface area (Å²) in [4.78, 5) is 4.53. The van der Waals surface area contributed by atoms with Gasteiger partial charge in [0.15, 0.2) is 11.5 Å². The number of rotatable bonds is 3. The van der Waals surface area contributed by atoms with Crippen LogP contribution in [0, 0.1) is 6.92 Å². The van der Waals surface area contributed by atoms with Crippen molar-refractivity contribution in [2.24, 2.45) is 7.05 Å². The van der Waals surface area contributed by atoms with Gasteiger partial charge in [-0.25, -0.2) is 13.4 Å². The number of benzene rings is 2. The smallest absolute Gasteiger partial charge is 0.262 e. The van der Waals surface area contributed by atoms with Crippen molar-refractivity contribution >= 4 is 26.7 Å². The van der Waals surface area contributed by atoms with Gasteiger partial charge < -0.3 is 14.0 Å². The molecule has 1 N–H and O–H groups in total. The molecule has 0 spiro atoms. The van der Waals surface area contributed by atoms with E-state index in [-0.39, 0.29) is 11.7 Å². The number of nitrogens with one attached hydrogen (secondary N) is 1. The zero-order chi connectivity index (χ0) is 16.9. The third-order valence-corrected chi connectivity index (χ3v) is 5.39. The first kappa shape index (κ1) is 14.8. The SMILES string of the molecule is Cc1nc2cc(NS(=O)(=O)c3ccc4c(c3)OCO4)ccc2n1C. The van der Waals surface area contributed by atoms with Gasteiger partial charge in [0.1, 0.15) is 5.82 Å². The van der Waals surface area contributed by atoms with E-state index < -0.39 is 10.0 Å². The van der Waals surface area contributed by atoms with E-state index >= 15 is 0 Å². The van der Waals surface area contributed by atoms with Crippen LogP contribution in [0.1, 0.15) is 5.82 Å². The molecule has 0 fully saturated rings. The monoisotopic (exact) mass is 345 g/mol. The van der Waals surface area contributed by atoms with Gasteiger partial charge in [0, 0.05) is 13.1 Å². The van der Waals surface area contributed by atoms with Gasteiger partial charge in [0.25, 0.3) is 10.0 Å². The molecule has 8 heteroatoms. The lowest BCUT2D eigenvalue weighted by Crippen LogP contribution is -2.12. The highest BCUT2D eigenvalue weighted by Gasteiger charge is 2.20. The molecule has 3 aromatic rings. The van der Waals surface area contributed by atoms with Crippen molar-refractivity contribution in [1.29, 1.82) is 0 Å². The van der Waals surface area contributed by atoms with Gasteiger partial charge >= 0.3 is 0 Å². The fourth-order valence-corrected chi connectivity index (χ4v) is 3.71. The minimum Gasteiger partial charge on any atom is -0.454 e. The Kier molecular flexibility index (Phi) is 3.17. The number of imidazole rings is 1. The lowest BCUT2D eigenvalue weighted by Gasteiger charge is -2.09. The minimum atomic E-state index is -3.73. The second-order valence-corrected chi connectivity index (χ2v) is 7.22. The van der Waals surface area contributed by atoms with Crippen molar-refractivity contribution in [3.8, 4) is 11.5 Å². The molecule has 0 saturated carbocycles. The van der Waals surface area contributed by atoms with Crippen molar-refractivity contribution in [2.75, 3.05) is 11.5 Å². The standard InChI is InChI=1S/C16H15N3O4S/c1-10-17-13-7-11(3-5-14(13)19(10)2)18-24(20,21)12-4-6-15-16(8-12)23-9-22-15/h3-8,18H,9H2,1-2H3. The summed E-state index contributed by atoms with van der Waals surface area (Å²) in [5.41, 5.74) is 2.14. The fraction of sp³-hybridized carbons (Fsp3) is 0.188. The predicted octanol–water partition coefficient (Wildman–Crippen LogP) is 2.41. The maximum atomic E-state index is 12.6. The third-order valence-electron chi connectivity index (χ3n) is 4.01. The van der Waals surface area contributed by atoms with Crippen LogP contribution < -0.4 is 14.2 Å². The molecule has 1 aliphatic heterocycles. The minimum absolute atomic E-state index is 0.0992. The van der Waals surface area contributed by atoms with Crippen LogP contribution in [-0.4, -0.2) is 24.8 Å². The van der Waals surface area contributed by atoms with Crippen LogP contribution in [0.5, 0.6) is 11.5 Å². The molecule has 24 heavy (non-hydrogen) atoms. The van der Waals surface area contributed by atoms with Crippen LogP contribution in [0.2, 0.25) is 0 Å². The van der Waals surface area contributed by atoms with Crippen molar-refractivity contribution in [1.82, 2.24) is 9.55 Å². The lowest BCUT2D eigenvalue weighted by molar-refractivity contribution is 0.174. The average molecular weight is 345 g/mol. The maximum Gasteiger partial charge on any atom is 0.262 e. The molecule has 0 aliphatic carbocycles. The van der Waals surface area contributed by atoms with E-state index in [1.807, 2.05) is 24.6 Å². The summed E-state index contributed by atoms with van der Waals surface area (Å²) in [7, 11) is -1.81. The fourth-order valence-electron chi connectivity index (χ4n) is 2.64. The summed E-state index contributed by atoms with van der Waals surface area (Å²) < 4.78 is 40.1. The van der Waals surface area contributed by atoms with E-state index in [0.29, 0.717) is 17.2 Å². The van der Waals surface area contributed by atoms with Gasteiger partial charge in [-0.3, -0.25) is 4.72 Å². The summed E-state index contributed by atoms with van der Waals surface area (Å²) in [6.45, 7) is 2.00. The van der Waals surface area contributed by atoms with Crippen molar-refractivity contribution < 1.29 is 17.9 Å². The van der Waals surface area contributed by atoms with E-state index in [2.05, 4.69) is 9.71 Å². The number of aryl methyl sites for hydroxylation is 2. The van der Waals surface area contributed by atoms with Gasteiger partial charge in [0.2, 0.25) is 6.79 Å². The summed E-state index contributed by atoms with van der Waals surface area (Å²) in [6.07, 6.45) is 0. The van der Waals surface area contributed by atoms with Crippen LogP contribution in [0.3, 0.4) is 0 Å². The first-order valence-electron chi connectivity index (χ1n) is 7.29. The number of ether oxygens (including phenoxy) is 2. The van der Waals surface area contributed by atoms with Gasteiger partial charge in [0.05, 0.1) is 21.6 Å². The summed E-state index contributed by atoms with van der Waals surface area (Å²) in [6, 6.07) is 9.79. The van der Waals surface area contributed by atoms with E-state index in [1.54, 1.807) is 18.2 Å². The quantitative estimate of drug-likeness (QED) is 0.788. The number of fused-ring (bicyclic) bond motifs is 2. The first-order valence-corrected chi connectivity index (χ1v) is 8.78.